The molecule has 1 saturated heterocycles. The van der Waals surface area contributed by atoms with Crippen LogP contribution in [0.5, 0.6) is 0 Å². The second-order valence-electron chi connectivity index (χ2n) is 4.45. The molecule has 0 unspecified atom stereocenters. The Bertz CT molecular complexity index is 561. The van der Waals surface area contributed by atoms with Gasteiger partial charge >= 0.3 is 12.0 Å². The van der Waals surface area contributed by atoms with Crippen molar-refractivity contribution in [1.82, 2.24) is 10.2 Å². The summed E-state index contributed by atoms with van der Waals surface area (Å²) in [6.07, 6.45) is -0.197. The van der Waals surface area contributed by atoms with E-state index in [4.69, 9.17) is 5.11 Å². The molecule has 2 rings (SSSR count). The van der Waals surface area contributed by atoms with Gasteiger partial charge in [-0.25, -0.2) is 9.18 Å². The zero-order valence-electron chi connectivity index (χ0n) is 10.5. The van der Waals surface area contributed by atoms with Gasteiger partial charge in [-0.15, -0.1) is 0 Å². The summed E-state index contributed by atoms with van der Waals surface area (Å²) < 4.78 is 13.5. The number of carboxylic acids is 1. The zero-order chi connectivity index (χ0) is 14.7. The number of nitrogens with one attached hydrogen (secondary N) is 1. The molecule has 1 heterocycles. The summed E-state index contributed by atoms with van der Waals surface area (Å²) in [5.41, 5.74) is 0.231. The second-order valence-corrected chi connectivity index (χ2v) is 4.45. The normalized spacial score (nSPS) is 18.2. The van der Waals surface area contributed by atoms with Crippen LogP contribution < -0.4 is 5.32 Å². The van der Waals surface area contributed by atoms with Gasteiger partial charge in [-0.3, -0.25) is 14.5 Å². The largest absolute Gasteiger partial charge is 0.481 e. The van der Waals surface area contributed by atoms with E-state index in [0.717, 1.165) is 4.90 Å². The van der Waals surface area contributed by atoms with E-state index < -0.39 is 29.8 Å². The fourth-order valence-electron chi connectivity index (χ4n) is 1.99. The third-order valence-electron chi connectivity index (χ3n) is 3.04. The summed E-state index contributed by atoms with van der Waals surface area (Å²) in [5, 5.41) is 11.0. The lowest BCUT2D eigenvalue weighted by Crippen LogP contribution is -2.31. The fraction of sp³-hybridized carbons (Fsp3) is 0.308. The number of aliphatic carboxylic acids is 1. The molecule has 1 aromatic carbocycles. The van der Waals surface area contributed by atoms with Gasteiger partial charge in [0.15, 0.2) is 0 Å². The van der Waals surface area contributed by atoms with Gasteiger partial charge in [0.1, 0.15) is 11.9 Å². The first-order valence-corrected chi connectivity index (χ1v) is 6.06. The average Bonchev–Trinajstić information content (AvgIpc) is 2.66. The van der Waals surface area contributed by atoms with Crippen molar-refractivity contribution in [2.75, 3.05) is 0 Å². The third-order valence-corrected chi connectivity index (χ3v) is 3.04. The Balaban J connectivity index is 2.06. The number of halogens is 1. The highest BCUT2D eigenvalue weighted by Gasteiger charge is 2.38. The minimum Gasteiger partial charge on any atom is -0.481 e. The molecule has 0 bridgehead atoms. The number of hydrogen-bond acceptors (Lipinski definition) is 3. The molecule has 0 aromatic heterocycles. The fourth-order valence-corrected chi connectivity index (χ4v) is 1.99. The summed E-state index contributed by atoms with van der Waals surface area (Å²) in [5.74, 6) is -2.07. The van der Waals surface area contributed by atoms with Gasteiger partial charge in [0.2, 0.25) is 0 Å². The molecule has 1 atom stereocenters. The van der Waals surface area contributed by atoms with Crippen LogP contribution in [0.4, 0.5) is 9.18 Å². The van der Waals surface area contributed by atoms with Crippen molar-refractivity contribution >= 4 is 17.9 Å². The van der Waals surface area contributed by atoms with Gasteiger partial charge < -0.3 is 10.4 Å². The maximum atomic E-state index is 13.5. The van der Waals surface area contributed by atoms with Crippen molar-refractivity contribution < 1.29 is 23.9 Å². The Hall–Kier alpha value is -2.44. The smallest absolute Gasteiger partial charge is 0.325 e. The number of benzene rings is 1. The number of amides is 3. The number of carbonyl (C=O) groups is 3. The topological polar surface area (TPSA) is 86.7 Å². The number of urea groups is 1. The van der Waals surface area contributed by atoms with E-state index in [2.05, 4.69) is 5.32 Å². The molecule has 0 aliphatic carbocycles. The Kier molecular flexibility index (Phi) is 3.97. The molecule has 7 heteroatoms. The molecule has 106 valence electrons. The predicted molar refractivity (Wildman–Crippen MR) is 66.1 cm³/mol. The Morgan fingerprint density at radius 1 is 1.35 bits per heavy atom. The average molecular weight is 280 g/mol. The van der Waals surface area contributed by atoms with Crippen LogP contribution in [0.15, 0.2) is 24.3 Å². The van der Waals surface area contributed by atoms with E-state index in [1.165, 1.54) is 18.2 Å². The molecular weight excluding hydrogens is 267 g/mol. The third kappa shape index (κ3) is 2.93. The maximum Gasteiger partial charge on any atom is 0.325 e. The van der Waals surface area contributed by atoms with E-state index in [0.29, 0.717) is 0 Å². The number of hydrogen-bond donors (Lipinski definition) is 2. The highest BCUT2D eigenvalue weighted by molar-refractivity contribution is 6.04. The van der Waals surface area contributed by atoms with E-state index in [1.807, 2.05) is 0 Å². The molecule has 1 aliphatic heterocycles. The minimum atomic E-state index is -1.04. The van der Waals surface area contributed by atoms with E-state index in [9.17, 15) is 18.8 Å². The first-order chi connectivity index (χ1) is 9.49. The molecular formula is C13H13FN2O4. The minimum absolute atomic E-state index is 0.0215. The van der Waals surface area contributed by atoms with Crippen molar-refractivity contribution in [3.63, 3.8) is 0 Å². The van der Waals surface area contributed by atoms with Crippen LogP contribution in [0, 0.1) is 5.82 Å². The Morgan fingerprint density at radius 2 is 2.05 bits per heavy atom. The highest BCUT2D eigenvalue weighted by Crippen LogP contribution is 2.16. The Labute approximate surface area is 114 Å². The van der Waals surface area contributed by atoms with Crippen LogP contribution in [0.25, 0.3) is 0 Å². The van der Waals surface area contributed by atoms with Crippen LogP contribution >= 0.6 is 0 Å². The summed E-state index contributed by atoms with van der Waals surface area (Å²) in [6.45, 7) is -0.166. The van der Waals surface area contributed by atoms with Crippen LogP contribution in [-0.2, 0) is 16.1 Å². The number of carbonyl (C=O) groups excluding carboxylic acids is 2. The van der Waals surface area contributed by atoms with E-state index >= 15 is 0 Å². The van der Waals surface area contributed by atoms with Gasteiger partial charge in [0.25, 0.3) is 5.91 Å². The summed E-state index contributed by atoms with van der Waals surface area (Å²) in [7, 11) is 0. The van der Waals surface area contributed by atoms with Crippen LogP contribution in [0.1, 0.15) is 18.4 Å². The van der Waals surface area contributed by atoms with Gasteiger partial charge in [-0.2, -0.15) is 0 Å². The monoisotopic (exact) mass is 280 g/mol. The molecule has 1 aliphatic rings. The molecule has 3 amide bonds. The summed E-state index contributed by atoms with van der Waals surface area (Å²) in [6, 6.07) is 4.37. The standard InChI is InChI=1S/C13H13FN2O4/c14-9-4-2-1-3-8(9)7-16-12(19)10(15-13(16)20)5-6-11(17)18/h1-4,10H,5-7H2,(H,15,20)(H,17,18)/t10-/m0/s1. The molecule has 1 aromatic rings. The van der Waals surface area contributed by atoms with Gasteiger partial charge in [0, 0.05) is 12.0 Å². The second kappa shape index (κ2) is 5.68. The van der Waals surface area contributed by atoms with Crippen molar-refractivity contribution in [1.29, 1.82) is 0 Å². The lowest BCUT2D eigenvalue weighted by Gasteiger charge is -2.13. The summed E-state index contributed by atoms with van der Waals surface area (Å²) in [4.78, 5) is 35.0. The number of imide groups is 1. The highest BCUT2D eigenvalue weighted by atomic mass is 19.1. The van der Waals surface area contributed by atoms with Gasteiger partial charge in [0.05, 0.1) is 6.54 Å². The maximum absolute atomic E-state index is 13.5. The summed E-state index contributed by atoms with van der Waals surface area (Å²) >= 11 is 0. The Morgan fingerprint density at radius 3 is 2.70 bits per heavy atom. The van der Waals surface area contributed by atoms with E-state index in [1.54, 1.807) is 6.07 Å². The van der Waals surface area contributed by atoms with Crippen molar-refractivity contribution in [3.05, 3.63) is 35.6 Å². The van der Waals surface area contributed by atoms with Crippen molar-refractivity contribution in [2.24, 2.45) is 0 Å². The molecule has 20 heavy (non-hydrogen) atoms. The van der Waals surface area contributed by atoms with Crippen molar-refractivity contribution in [3.8, 4) is 0 Å². The van der Waals surface area contributed by atoms with E-state index in [-0.39, 0.29) is 24.9 Å². The first kappa shape index (κ1) is 14.0. The van der Waals surface area contributed by atoms with Crippen molar-refractivity contribution in [2.45, 2.75) is 25.4 Å². The molecule has 0 spiro atoms. The lowest BCUT2D eigenvalue weighted by molar-refractivity contribution is -0.137. The van der Waals surface area contributed by atoms with Gasteiger partial charge in [-0.1, -0.05) is 18.2 Å². The number of rotatable bonds is 5. The van der Waals surface area contributed by atoms with Crippen LogP contribution in [-0.4, -0.2) is 34.0 Å². The quantitative estimate of drug-likeness (QED) is 0.791. The number of nitrogens with zero attached hydrogens (tertiary/aromatic N) is 1. The van der Waals surface area contributed by atoms with Gasteiger partial charge in [-0.05, 0) is 12.5 Å². The lowest BCUT2D eigenvalue weighted by atomic mass is 10.1. The SMILES string of the molecule is O=C(O)CC[C@@H]1NC(=O)N(Cc2ccccc2F)C1=O. The molecule has 0 saturated carbocycles. The molecule has 2 N–H and O–H groups in total. The molecule has 6 nitrogen and oxygen atoms in total. The predicted octanol–water partition coefficient (Wildman–Crippen LogP) is 1.11. The van der Waals surface area contributed by atoms with Crippen LogP contribution in [0.3, 0.4) is 0 Å². The zero-order valence-corrected chi connectivity index (χ0v) is 10.5. The molecule has 1 fully saturated rings. The number of carboxylic acid groups (broad SMARTS) is 1. The molecule has 0 radical (unpaired) electrons. The van der Waals surface area contributed by atoms with Crippen LogP contribution in [0.2, 0.25) is 0 Å². The first-order valence-electron chi connectivity index (χ1n) is 6.06.